The van der Waals surface area contributed by atoms with Gasteiger partial charge in [-0.1, -0.05) is 6.92 Å². The molecule has 2 fully saturated rings. The highest BCUT2D eigenvalue weighted by atomic mass is 32.2. The summed E-state index contributed by atoms with van der Waals surface area (Å²) in [6, 6.07) is 6.38. The van der Waals surface area contributed by atoms with E-state index < -0.39 is 10.0 Å². The highest BCUT2D eigenvalue weighted by Gasteiger charge is 2.41. The zero-order chi connectivity index (χ0) is 21.8. The lowest BCUT2D eigenvalue weighted by Gasteiger charge is -2.32. The van der Waals surface area contributed by atoms with Gasteiger partial charge in [0, 0.05) is 61.6 Å². The number of pyridine rings is 1. The molecule has 1 aromatic heterocycles. The highest BCUT2D eigenvalue weighted by Crippen LogP contribution is 2.33. The number of fused-ring (bicyclic) bond motifs is 1. The van der Waals surface area contributed by atoms with Crippen molar-refractivity contribution in [3.63, 3.8) is 0 Å². The van der Waals surface area contributed by atoms with Crippen molar-refractivity contribution < 1.29 is 8.42 Å². The van der Waals surface area contributed by atoms with Gasteiger partial charge in [0.05, 0.1) is 11.2 Å². The number of aliphatic imine (C=N–C) groups is 1. The number of nitrogens with one attached hydrogen (secondary N) is 2. The maximum absolute atomic E-state index is 12.5. The number of benzene rings is 1. The molecule has 0 bridgehead atoms. The molecule has 7 nitrogen and oxygen atoms in total. The van der Waals surface area contributed by atoms with E-state index in [1.807, 2.05) is 18.5 Å². The second-order valence-electron chi connectivity index (χ2n) is 8.47. The number of piperidine rings is 1. The monoisotopic (exact) mass is 441 g/mol. The molecule has 1 saturated carbocycles. The first-order valence-electron chi connectivity index (χ1n) is 11.2. The van der Waals surface area contributed by atoms with E-state index >= 15 is 0 Å². The zero-order valence-electron chi connectivity index (χ0n) is 18.0. The summed E-state index contributed by atoms with van der Waals surface area (Å²) in [4.78, 5) is 8.74. The van der Waals surface area contributed by atoms with Gasteiger partial charge in [-0.2, -0.15) is 0 Å². The van der Waals surface area contributed by atoms with E-state index in [2.05, 4.69) is 34.3 Å². The molecule has 1 aliphatic heterocycles. The summed E-state index contributed by atoms with van der Waals surface area (Å²) in [6.07, 6.45) is 11.1. The molecule has 1 aliphatic carbocycles. The number of hydrogen-bond donors (Lipinski definition) is 2. The smallest absolute Gasteiger partial charge is 0.216 e. The molecule has 2 aliphatic rings. The summed E-state index contributed by atoms with van der Waals surface area (Å²) in [5.41, 5.74) is 2.00. The van der Waals surface area contributed by atoms with Crippen LogP contribution in [0.2, 0.25) is 0 Å². The lowest BCUT2D eigenvalue weighted by atomic mass is 9.96. The quantitative estimate of drug-likeness (QED) is 0.578. The van der Waals surface area contributed by atoms with Gasteiger partial charge in [0.25, 0.3) is 0 Å². The summed E-state index contributed by atoms with van der Waals surface area (Å²) in [5.74, 6) is -0.171. The Morgan fingerprint density at radius 2 is 2.06 bits per heavy atom. The Kier molecular flexibility index (Phi) is 6.67. The van der Waals surface area contributed by atoms with E-state index in [4.69, 9.17) is 5.41 Å². The Morgan fingerprint density at radius 1 is 1.29 bits per heavy atom. The molecule has 2 aromatic rings. The molecular weight excluding hydrogens is 410 g/mol. The minimum Gasteiger partial charge on any atom is -0.382 e. The molecule has 4 rings (SSSR count). The van der Waals surface area contributed by atoms with Crippen LogP contribution in [0.4, 0.5) is 5.69 Å². The maximum atomic E-state index is 12.5. The lowest BCUT2D eigenvalue weighted by molar-refractivity contribution is 0.329. The van der Waals surface area contributed by atoms with Gasteiger partial charge in [-0.25, -0.2) is 12.7 Å². The van der Waals surface area contributed by atoms with Crippen LogP contribution in [-0.2, 0) is 10.0 Å². The normalized spacial score (nSPS) is 19.6. The number of aromatic nitrogens is 1. The largest absolute Gasteiger partial charge is 0.382 e. The van der Waals surface area contributed by atoms with Crippen molar-refractivity contribution in [3.8, 4) is 0 Å². The first kappa shape index (κ1) is 21.9. The van der Waals surface area contributed by atoms with Crippen molar-refractivity contribution in [1.29, 1.82) is 5.41 Å². The predicted molar refractivity (Wildman–Crippen MR) is 127 cm³/mol. The van der Waals surface area contributed by atoms with Crippen molar-refractivity contribution in [2.75, 3.05) is 25.0 Å². The van der Waals surface area contributed by atoms with Crippen LogP contribution in [0.1, 0.15) is 50.5 Å². The third kappa shape index (κ3) is 4.96. The van der Waals surface area contributed by atoms with Crippen molar-refractivity contribution in [3.05, 3.63) is 36.2 Å². The third-order valence-corrected chi connectivity index (χ3v) is 8.48. The molecule has 1 unspecified atom stereocenters. The van der Waals surface area contributed by atoms with E-state index in [1.54, 1.807) is 10.5 Å². The Labute approximate surface area is 184 Å². The fourth-order valence-electron chi connectivity index (χ4n) is 4.13. The third-order valence-electron chi connectivity index (χ3n) is 6.08. The molecule has 2 heterocycles. The van der Waals surface area contributed by atoms with Gasteiger partial charge >= 0.3 is 0 Å². The highest BCUT2D eigenvalue weighted by molar-refractivity contribution is 7.90. The Morgan fingerprint density at radius 3 is 2.74 bits per heavy atom. The molecule has 8 heteroatoms. The van der Waals surface area contributed by atoms with Gasteiger partial charge in [0.1, 0.15) is 0 Å². The number of rotatable bonds is 9. The molecule has 31 heavy (non-hydrogen) atoms. The van der Waals surface area contributed by atoms with Gasteiger partial charge in [-0.3, -0.25) is 9.98 Å². The standard InChI is InChI=1S/C23H31N5O2S/c1-2-8-25-15-19(14-24)18-12-17-5-9-26-16-22(17)23(13-18)27-20-6-10-28(11-7-20)31(29,30)21-3-4-21/h5,9,12-16,19-21,24,27H,2-4,6-8,10-11H2,1H3. The molecule has 166 valence electrons. The molecule has 0 radical (unpaired) electrons. The fourth-order valence-corrected chi connectivity index (χ4v) is 6.00. The van der Waals surface area contributed by atoms with Crippen LogP contribution in [0.3, 0.4) is 0 Å². The number of anilines is 1. The Hall–Kier alpha value is -2.32. The van der Waals surface area contributed by atoms with Gasteiger partial charge in [-0.15, -0.1) is 0 Å². The summed E-state index contributed by atoms with van der Waals surface area (Å²) in [6.45, 7) is 3.98. The molecule has 2 N–H and O–H groups in total. The topological polar surface area (TPSA) is 98.5 Å². The molecule has 0 amide bonds. The molecule has 1 atom stereocenters. The van der Waals surface area contributed by atoms with E-state index in [-0.39, 0.29) is 17.2 Å². The van der Waals surface area contributed by atoms with Gasteiger partial charge in [-0.05, 0) is 61.3 Å². The zero-order valence-corrected chi connectivity index (χ0v) is 18.8. The molecular formula is C23H31N5O2S. The molecule has 0 spiro atoms. The second kappa shape index (κ2) is 9.44. The average molecular weight is 442 g/mol. The van der Waals surface area contributed by atoms with E-state index in [1.165, 1.54) is 6.21 Å². The molecule has 1 saturated heterocycles. The van der Waals surface area contributed by atoms with Crippen LogP contribution < -0.4 is 5.32 Å². The lowest BCUT2D eigenvalue weighted by Crippen LogP contribution is -2.43. The first-order valence-corrected chi connectivity index (χ1v) is 12.7. The van der Waals surface area contributed by atoms with E-state index in [0.717, 1.165) is 60.7 Å². The Bertz CT molecular complexity index is 1060. The van der Waals surface area contributed by atoms with Gasteiger partial charge in [0.2, 0.25) is 10.0 Å². The number of hydrogen-bond acceptors (Lipinski definition) is 6. The fraction of sp³-hybridized carbons (Fsp3) is 0.522. The summed E-state index contributed by atoms with van der Waals surface area (Å²) in [7, 11) is -3.10. The number of nitrogens with zero attached hydrogens (tertiary/aromatic N) is 3. The van der Waals surface area contributed by atoms with Crippen LogP contribution in [0.5, 0.6) is 0 Å². The van der Waals surface area contributed by atoms with Crippen molar-refractivity contribution in [2.45, 2.75) is 56.2 Å². The second-order valence-corrected chi connectivity index (χ2v) is 10.7. The van der Waals surface area contributed by atoms with Gasteiger partial charge in [0.15, 0.2) is 0 Å². The predicted octanol–water partition coefficient (Wildman–Crippen LogP) is 3.82. The van der Waals surface area contributed by atoms with Crippen molar-refractivity contribution in [2.24, 2.45) is 4.99 Å². The van der Waals surface area contributed by atoms with Crippen LogP contribution in [0, 0.1) is 5.41 Å². The Balaban J connectivity index is 1.53. The van der Waals surface area contributed by atoms with Crippen molar-refractivity contribution >= 4 is 38.9 Å². The number of sulfonamides is 1. The van der Waals surface area contributed by atoms with Crippen LogP contribution in [-0.4, -0.2) is 61.1 Å². The molecule has 1 aromatic carbocycles. The van der Waals surface area contributed by atoms with Crippen LogP contribution in [0.15, 0.2) is 35.6 Å². The summed E-state index contributed by atoms with van der Waals surface area (Å²) < 4.78 is 26.7. The van der Waals surface area contributed by atoms with Crippen molar-refractivity contribution in [1.82, 2.24) is 9.29 Å². The van der Waals surface area contributed by atoms with E-state index in [9.17, 15) is 8.42 Å². The van der Waals surface area contributed by atoms with Gasteiger partial charge < -0.3 is 10.7 Å². The van der Waals surface area contributed by atoms with Crippen LogP contribution in [0.25, 0.3) is 10.8 Å². The average Bonchev–Trinajstić information content (AvgIpc) is 3.63. The minimum atomic E-state index is -3.10. The SMILES string of the molecule is CCCN=CC(C=N)c1cc(NC2CCN(S(=O)(=O)C3CC3)CC2)c2cnccc2c1. The summed E-state index contributed by atoms with van der Waals surface area (Å²) in [5, 5.41) is 13.5. The van der Waals surface area contributed by atoms with Crippen LogP contribution >= 0.6 is 0 Å². The first-order chi connectivity index (χ1) is 15.0. The van der Waals surface area contributed by atoms with E-state index in [0.29, 0.717) is 13.1 Å². The summed E-state index contributed by atoms with van der Waals surface area (Å²) >= 11 is 0. The maximum Gasteiger partial charge on any atom is 0.216 e. The minimum absolute atomic E-state index is 0.142.